The van der Waals surface area contributed by atoms with E-state index in [2.05, 4.69) is 5.32 Å². The van der Waals surface area contributed by atoms with E-state index in [1.54, 1.807) is 6.92 Å². The van der Waals surface area contributed by atoms with Crippen molar-refractivity contribution in [3.8, 4) is 0 Å². The highest BCUT2D eigenvalue weighted by Crippen LogP contribution is 2.37. The number of rotatable bonds is 2. The molecule has 0 radical (unpaired) electrons. The monoisotopic (exact) mass is 303 g/mol. The lowest BCUT2D eigenvalue weighted by molar-refractivity contribution is -0.182. The predicted molar refractivity (Wildman–Crippen MR) is 70.4 cm³/mol. The molecule has 2 nitrogen and oxygen atoms in total. The molecule has 0 aromatic heterocycles. The molecular weight excluding hydrogens is 286 g/mol. The predicted octanol–water partition coefficient (Wildman–Crippen LogP) is 3.99. The Morgan fingerprint density at radius 3 is 2.33 bits per heavy atom. The van der Waals surface area contributed by atoms with Crippen LogP contribution in [0.25, 0.3) is 0 Å². The standard InChI is InChI=1S/C15H17F4NO/c1-9-8-10(2-7-13(9)16)14(21)20-12-5-3-11(4-6-12)15(17,18)19/h2,7-8,11-12H,3-6H2,1H3,(H,20,21). The number of benzene rings is 1. The zero-order chi connectivity index (χ0) is 15.6. The van der Waals surface area contributed by atoms with Crippen molar-refractivity contribution >= 4 is 5.91 Å². The summed E-state index contributed by atoms with van der Waals surface area (Å²) in [5, 5.41) is 2.73. The molecule has 0 aliphatic heterocycles. The lowest BCUT2D eigenvalue weighted by Gasteiger charge is -2.30. The fourth-order valence-electron chi connectivity index (χ4n) is 2.62. The van der Waals surface area contributed by atoms with Gasteiger partial charge in [-0.15, -0.1) is 0 Å². The van der Waals surface area contributed by atoms with E-state index in [0.717, 1.165) is 0 Å². The van der Waals surface area contributed by atoms with E-state index in [-0.39, 0.29) is 24.8 Å². The average Bonchev–Trinajstić information content (AvgIpc) is 2.41. The van der Waals surface area contributed by atoms with Gasteiger partial charge >= 0.3 is 6.18 Å². The number of carbonyl (C=O) groups is 1. The van der Waals surface area contributed by atoms with Crippen molar-refractivity contribution in [2.45, 2.75) is 44.8 Å². The van der Waals surface area contributed by atoms with Crippen molar-refractivity contribution in [2.75, 3.05) is 0 Å². The quantitative estimate of drug-likeness (QED) is 0.823. The Balaban J connectivity index is 1.91. The summed E-state index contributed by atoms with van der Waals surface area (Å²) in [5.74, 6) is -2.02. The van der Waals surface area contributed by atoms with Crippen LogP contribution in [-0.2, 0) is 0 Å². The summed E-state index contributed by atoms with van der Waals surface area (Å²) in [7, 11) is 0. The first-order valence-corrected chi connectivity index (χ1v) is 6.91. The van der Waals surface area contributed by atoms with E-state index in [4.69, 9.17) is 0 Å². The van der Waals surface area contributed by atoms with Gasteiger partial charge in [0.1, 0.15) is 5.82 Å². The van der Waals surface area contributed by atoms with Crippen LogP contribution in [0.3, 0.4) is 0 Å². The van der Waals surface area contributed by atoms with Gasteiger partial charge in [0.2, 0.25) is 0 Å². The van der Waals surface area contributed by atoms with Crippen LogP contribution in [0.2, 0.25) is 0 Å². The second-order valence-corrected chi connectivity index (χ2v) is 5.53. The number of aryl methyl sites for hydroxylation is 1. The Labute approximate surface area is 120 Å². The van der Waals surface area contributed by atoms with Crippen molar-refractivity contribution in [3.05, 3.63) is 35.1 Å². The van der Waals surface area contributed by atoms with E-state index in [1.165, 1.54) is 18.2 Å². The Hall–Kier alpha value is -1.59. The third-order valence-corrected chi connectivity index (χ3v) is 3.95. The maximum atomic E-state index is 13.1. The number of hydrogen-bond acceptors (Lipinski definition) is 1. The first kappa shape index (κ1) is 15.8. The number of carbonyl (C=O) groups excluding carboxylic acids is 1. The summed E-state index contributed by atoms with van der Waals surface area (Å²) in [5.41, 5.74) is 0.690. The first-order valence-electron chi connectivity index (χ1n) is 6.91. The second kappa shape index (κ2) is 6.03. The number of amides is 1. The van der Waals surface area contributed by atoms with Gasteiger partial charge in [0.05, 0.1) is 5.92 Å². The van der Waals surface area contributed by atoms with Gasteiger partial charge in [0, 0.05) is 11.6 Å². The van der Waals surface area contributed by atoms with E-state index in [0.29, 0.717) is 24.0 Å². The molecule has 1 aliphatic rings. The molecule has 0 spiro atoms. The fourth-order valence-corrected chi connectivity index (χ4v) is 2.62. The highest BCUT2D eigenvalue weighted by atomic mass is 19.4. The summed E-state index contributed by atoms with van der Waals surface area (Å²) in [6, 6.07) is 3.77. The molecular formula is C15H17F4NO. The van der Waals surface area contributed by atoms with Crippen molar-refractivity contribution in [2.24, 2.45) is 5.92 Å². The molecule has 0 unspecified atom stereocenters. The number of nitrogens with one attached hydrogen (secondary N) is 1. The van der Waals surface area contributed by atoms with Gasteiger partial charge in [-0.05, 0) is 56.4 Å². The highest BCUT2D eigenvalue weighted by molar-refractivity contribution is 5.94. The van der Waals surface area contributed by atoms with Crippen LogP contribution in [0.1, 0.15) is 41.6 Å². The second-order valence-electron chi connectivity index (χ2n) is 5.53. The summed E-state index contributed by atoms with van der Waals surface area (Å²) in [6.07, 6.45) is -3.44. The molecule has 0 atom stereocenters. The molecule has 1 fully saturated rings. The Morgan fingerprint density at radius 2 is 1.81 bits per heavy atom. The van der Waals surface area contributed by atoms with Gasteiger partial charge in [0.15, 0.2) is 0 Å². The molecule has 1 saturated carbocycles. The summed E-state index contributed by atoms with van der Waals surface area (Å²) in [4.78, 5) is 12.0. The minimum atomic E-state index is -4.15. The minimum absolute atomic E-state index is 0.0386. The van der Waals surface area contributed by atoms with Gasteiger partial charge in [-0.1, -0.05) is 0 Å². The smallest absolute Gasteiger partial charge is 0.349 e. The molecule has 1 aromatic rings. The third-order valence-electron chi connectivity index (χ3n) is 3.95. The molecule has 1 N–H and O–H groups in total. The average molecular weight is 303 g/mol. The molecule has 2 rings (SSSR count). The summed E-state index contributed by atoms with van der Waals surface area (Å²) in [6.45, 7) is 1.56. The highest BCUT2D eigenvalue weighted by Gasteiger charge is 2.41. The first-order chi connectivity index (χ1) is 9.77. The van der Waals surface area contributed by atoms with E-state index in [9.17, 15) is 22.4 Å². The van der Waals surface area contributed by atoms with Gasteiger partial charge in [-0.3, -0.25) is 4.79 Å². The minimum Gasteiger partial charge on any atom is -0.349 e. The topological polar surface area (TPSA) is 29.1 Å². The van der Waals surface area contributed by atoms with E-state index in [1.807, 2.05) is 0 Å². The summed E-state index contributed by atoms with van der Waals surface area (Å²) >= 11 is 0. The number of hydrogen-bond donors (Lipinski definition) is 1. The van der Waals surface area contributed by atoms with Crippen LogP contribution < -0.4 is 5.32 Å². The van der Waals surface area contributed by atoms with Crippen molar-refractivity contribution in [1.29, 1.82) is 0 Å². The van der Waals surface area contributed by atoms with Crippen LogP contribution in [0.15, 0.2) is 18.2 Å². The maximum absolute atomic E-state index is 13.1. The molecule has 6 heteroatoms. The number of alkyl halides is 3. The molecule has 0 saturated heterocycles. The van der Waals surface area contributed by atoms with Crippen LogP contribution in [0.4, 0.5) is 17.6 Å². The molecule has 21 heavy (non-hydrogen) atoms. The molecule has 116 valence electrons. The van der Waals surface area contributed by atoms with Crippen LogP contribution in [-0.4, -0.2) is 18.1 Å². The normalized spacial score (nSPS) is 22.9. The van der Waals surface area contributed by atoms with E-state index < -0.39 is 17.9 Å². The Morgan fingerprint density at radius 1 is 1.19 bits per heavy atom. The van der Waals surface area contributed by atoms with Crippen molar-refractivity contribution in [1.82, 2.24) is 5.32 Å². The lowest BCUT2D eigenvalue weighted by atomic mass is 9.85. The van der Waals surface area contributed by atoms with Crippen LogP contribution in [0, 0.1) is 18.7 Å². The summed E-state index contributed by atoms with van der Waals surface area (Å²) < 4.78 is 50.8. The van der Waals surface area contributed by atoms with Gasteiger partial charge in [0.25, 0.3) is 5.91 Å². The molecule has 1 amide bonds. The number of halogens is 4. The third kappa shape index (κ3) is 3.95. The van der Waals surface area contributed by atoms with Crippen molar-refractivity contribution < 1.29 is 22.4 Å². The van der Waals surface area contributed by atoms with Crippen LogP contribution in [0.5, 0.6) is 0 Å². The van der Waals surface area contributed by atoms with Gasteiger partial charge in [-0.2, -0.15) is 13.2 Å². The zero-order valence-electron chi connectivity index (χ0n) is 11.6. The van der Waals surface area contributed by atoms with Crippen molar-refractivity contribution in [3.63, 3.8) is 0 Å². The molecule has 0 bridgehead atoms. The van der Waals surface area contributed by atoms with Gasteiger partial charge < -0.3 is 5.32 Å². The Kier molecular flexibility index (Phi) is 4.54. The molecule has 1 aliphatic carbocycles. The molecule has 0 heterocycles. The zero-order valence-corrected chi connectivity index (χ0v) is 11.6. The van der Waals surface area contributed by atoms with Gasteiger partial charge in [-0.25, -0.2) is 4.39 Å². The van der Waals surface area contributed by atoms with Crippen LogP contribution >= 0.6 is 0 Å². The lowest BCUT2D eigenvalue weighted by Crippen LogP contribution is -2.40. The maximum Gasteiger partial charge on any atom is 0.391 e. The van der Waals surface area contributed by atoms with E-state index >= 15 is 0 Å². The fraction of sp³-hybridized carbons (Fsp3) is 0.533. The SMILES string of the molecule is Cc1cc(C(=O)NC2CCC(C(F)(F)F)CC2)ccc1F. The largest absolute Gasteiger partial charge is 0.391 e. The molecule has 1 aromatic carbocycles. The Bertz CT molecular complexity index is 519.